The Bertz CT molecular complexity index is 852. The minimum absolute atomic E-state index is 0.141. The van der Waals surface area contributed by atoms with Crippen molar-refractivity contribution < 1.29 is 14.3 Å². The predicted molar refractivity (Wildman–Crippen MR) is 111 cm³/mol. The lowest BCUT2D eigenvalue weighted by Gasteiger charge is -2.31. The van der Waals surface area contributed by atoms with E-state index in [0.717, 1.165) is 30.0 Å². The highest BCUT2D eigenvalue weighted by atomic mass is 32.2. The Morgan fingerprint density at radius 1 is 1.17 bits per heavy atom. The molecule has 1 aromatic heterocycles. The molecule has 1 saturated carbocycles. The molecular weight excluding hydrogens is 390 g/mol. The smallest absolute Gasteiger partial charge is 0.248 e. The molecule has 1 aromatic carbocycles. The topological polar surface area (TPSA) is 98.1 Å². The van der Waals surface area contributed by atoms with Gasteiger partial charge in [-0.1, -0.05) is 31.5 Å². The lowest BCUT2D eigenvalue weighted by molar-refractivity contribution is -0.126. The van der Waals surface area contributed by atoms with Gasteiger partial charge in [0.15, 0.2) is 11.0 Å². The summed E-state index contributed by atoms with van der Waals surface area (Å²) in [7, 11) is 1.64. The van der Waals surface area contributed by atoms with E-state index >= 15 is 0 Å². The summed E-state index contributed by atoms with van der Waals surface area (Å²) in [4.78, 5) is 23.0. The molecule has 0 saturated heterocycles. The molecule has 0 aliphatic heterocycles. The number of nitrogens with zero attached hydrogens (tertiary/aromatic N) is 3. The van der Waals surface area contributed by atoms with Crippen LogP contribution in [0.2, 0.25) is 0 Å². The van der Waals surface area contributed by atoms with Gasteiger partial charge >= 0.3 is 0 Å². The molecule has 0 unspecified atom stereocenters. The molecule has 1 heterocycles. The number of amides is 2. The number of hydrazine groups is 1. The summed E-state index contributed by atoms with van der Waals surface area (Å²) in [5, 5.41) is 9.56. The molecule has 0 spiro atoms. The van der Waals surface area contributed by atoms with Gasteiger partial charge in [-0.15, -0.1) is 10.2 Å². The molecular formula is C20H27N5O3S. The van der Waals surface area contributed by atoms with Crippen LogP contribution in [-0.4, -0.2) is 39.4 Å². The standard InChI is InChI=1S/C20H27N5O3S/c1-13-6-4-5-7-17(13)25-19(15-8-10-16(28-3)11-9-15)23-24-20(25)29-12-18(27)22-21-14(2)26/h8-11,13,17H,4-7,12H2,1-3H3,(H,21,26)(H,22,27)/t13-,17+/m1/s1. The number of rotatable bonds is 6. The number of carbonyl (C=O) groups excluding carboxylic acids is 2. The Morgan fingerprint density at radius 3 is 2.55 bits per heavy atom. The van der Waals surface area contributed by atoms with E-state index in [0.29, 0.717) is 11.1 Å². The lowest BCUT2D eigenvalue weighted by Crippen LogP contribution is -2.41. The first-order valence-corrected chi connectivity index (χ1v) is 10.8. The molecule has 2 N–H and O–H groups in total. The van der Waals surface area contributed by atoms with Crippen molar-refractivity contribution in [2.45, 2.75) is 50.7 Å². The van der Waals surface area contributed by atoms with Gasteiger partial charge in [0.05, 0.1) is 12.9 Å². The predicted octanol–water partition coefficient (Wildman–Crippen LogP) is 2.96. The average Bonchev–Trinajstić information content (AvgIpc) is 3.14. The SMILES string of the molecule is COc1ccc(-c2nnc(SCC(=O)NNC(C)=O)n2[C@H]2CCCC[C@H]2C)cc1. The van der Waals surface area contributed by atoms with Gasteiger partial charge in [-0.3, -0.25) is 25.0 Å². The highest BCUT2D eigenvalue weighted by Crippen LogP contribution is 2.39. The number of thioether (sulfide) groups is 1. The van der Waals surface area contributed by atoms with E-state index in [2.05, 4.69) is 32.5 Å². The van der Waals surface area contributed by atoms with Crippen molar-refractivity contribution >= 4 is 23.6 Å². The Kier molecular flexibility index (Phi) is 7.13. The van der Waals surface area contributed by atoms with E-state index in [1.165, 1.54) is 31.5 Å². The molecule has 2 atom stereocenters. The Balaban J connectivity index is 1.86. The van der Waals surface area contributed by atoms with Crippen LogP contribution in [0.4, 0.5) is 0 Å². The number of hydrogen-bond acceptors (Lipinski definition) is 6. The second kappa shape index (κ2) is 9.78. The highest BCUT2D eigenvalue weighted by Gasteiger charge is 2.29. The number of methoxy groups -OCH3 is 1. The quantitative estimate of drug-likeness (QED) is 0.554. The first-order valence-electron chi connectivity index (χ1n) is 9.77. The molecule has 156 valence electrons. The van der Waals surface area contributed by atoms with Crippen LogP contribution in [0.1, 0.15) is 45.6 Å². The summed E-state index contributed by atoms with van der Waals surface area (Å²) in [5.74, 6) is 1.63. The van der Waals surface area contributed by atoms with Crippen LogP contribution < -0.4 is 15.6 Å². The molecule has 29 heavy (non-hydrogen) atoms. The minimum atomic E-state index is -0.315. The van der Waals surface area contributed by atoms with Crippen LogP contribution >= 0.6 is 11.8 Å². The van der Waals surface area contributed by atoms with Gasteiger partial charge in [0, 0.05) is 18.5 Å². The van der Waals surface area contributed by atoms with Crippen LogP contribution in [0.5, 0.6) is 5.75 Å². The van der Waals surface area contributed by atoms with Gasteiger partial charge in [-0.05, 0) is 43.0 Å². The zero-order valence-corrected chi connectivity index (χ0v) is 17.8. The molecule has 0 radical (unpaired) electrons. The maximum atomic E-state index is 12.0. The van der Waals surface area contributed by atoms with E-state index in [4.69, 9.17) is 4.74 Å². The molecule has 3 rings (SSSR count). The number of carbonyl (C=O) groups is 2. The van der Waals surface area contributed by atoms with Crippen LogP contribution in [0.15, 0.2) is 29.4 Å². The van der Waals surface area contributed by atoms with Gasteiger partial charge in [-0.2, -0.15) is 0 Å². The van der Waals surface area contributed by atoms with Crippen molar-refractivity contribution in [2.75, 3.05) is 12.9 Å². The Hall–Kier alpha value is -2.55. The monoisotopic (exact) mass is 417 g/mol. The van der Waals surface area contributed by atoms with Crippen LogP contribution in [0.3, 0.4) is 0 Å². The molecule has 1 fully saturated rings. The molecule has 2 aromatic rings. The molecule has 0 bridgehead atoms. The van der Waals surface area contributed by atoms with Crippen LogP contribution in [0, 0.1) is 5.92 Å². The third-order valence-corrected chi connectivity index (χ3v) is 6.06. The fourth-order valence-corrected chi connectivity index (χ4v) is 4.41. The lowest BCUT2D eigenvalue weighted by atomic mass is 9.85. The van der Waals surface area contributed by atoms with E-state index < -0.39 is 0 Å². The first kappa shape index (κ1) is 21.2. The van der Waals surface area contributed by atoms with Crippen molar-refractivity contribution in [2.24, 2.45) is 5.92 Å². The summed E-state index contributed by atoms with van der Waals surface area (Å²) in [6.45, 7) is 3.61. The van der Waals surface area contributed by atoms with Crippen molar-refractivity contribution in [3.05, 3.63) is 24.3 Å². The molecule has 9 heteroatoms. The number of aromatic nitrogens is 3. The zero-order chi connectivity index (χ0) is 20.8. The molecule has 1 aliphatic rings. The van der Waals surface area contributed by atoms with Crippen molar-refractivity contribution in [1.82, 2.24) is 25.6 Å². The summed E-state index contributed by atoms with van der Waals surface area (Å²) < 4.78 is 7.44. The van der Waals surface area contributed by atoms with Crippen molar-refractivity contribution in [1.29, 1.82) is 0 Å². The van der Waals surface area contributed by atoms with Crippen molar-refractivity contribution in [3.8, 4) is 17.1 Å². The van der Waals surface area contributed by atoms with E-state index in [1.54, 1.807) is 7.11 Å². The minimum Gasteiger partial charge on any atom is -0.497 e. The maximum Gasteiger partial charge on any atom is 0.248 e. The number of hydrogen-bond donors (Lipinski definition) is 2. The Morgan fingerprint density at radius 2 is 1.90 bits per heavy atom. The second-order valence-corrected chi connectivity index (χ2v) is 8.19. The van der Waals surface area contributed by atoms with E-state index in [-0.39, 0.29) is 23.6 Å². The maximum absolute atomic E-state index is 12.0. The molecule has 1 aliphatic carbocycles. The van der Waals surface area contributed by atoms with Gasteiger partial charge in [0.2, 0.25) is 11.8 Å². The van der Waals surface area contributed by atoms with Crippen molar-refractivity contribution in [3.63, 3.8) is 0 Å². The second-order valence-electron chi connectivity index (χ2n) is 7.25. The first-order chi connectivity index (χ1) is 14.0. The number of benzene rings is 1. The normalized spacial score (nSPS) is 18.9. The van der Waals surface area contributed by atoms with E-state index in [1.807, 2.05) is 24.3 Å². The Labute approximate surface area is 174 Å². The number of ether oxygens (including phenoxy) is 1. The third-order valence-electron chi connectivity index (χ3n) is 5.12. The highest BCUT2D eigenvalue weighted by molar-refractivity contribution is 7.99. The van der Waals surface area contributed by atoms with Crippen LogP contribution in [0.25, 0.3) is 11.4 Å². The molecule has 2 amide bonds. The molecule has 8 nitrogen and oxygen atoms in total. The third kappa shape index (κ3) is 5.29. The van der Waals surface area contributed by atoms with Gasteiger partial charge < -0.3 is 4.74 Å². The van der Waals surface area contributed by atoms with Gasteiger partial charge in [-0.25, -0.2) is 0 Å². The van der Waals surface area contributed by atoms with Crippen LogP contribution in [-0.2, 0) is 9.59 Å². The van der Waals surface area contributed by atoms with Gasteiger partial charge in [0.25, 0.3) is 0 Å². The summed E-state index contributed by atoms with van der Waals surface area (Å²) in [5.41, 5.74) is 5.65. The largest absolute Gasteiger partial charge is 0.497 e. The average molecular weight is 418 g/mol. The summed E-state index contributed by atoms with van der Waals surface area (Å²) in [6, 6.07) is 8.06. The number of nitrogens with one attached hydrogen (secondary N) is 2. The summed E-state index contributed by atoms with van der Waals surface area (Å²) in [6.07, 6.45) is 4.63. The fourth-order valence-electron chi connectivity index (χ4n) is 3.62. The fraction of sp³-hybridized carbons (Fsp3) is 0.500. The zero-order valence-electron chi connectivity index (χ0n) is 17.0. The summed E-state index contributed by atoms with van der Waals surface area (Å²) >= 11 is 1.33. The van der Waals surface area contributed by atoms with Gasteiger partial charge in [0.1, 0.15) is 5.75 Å². The van der Waals surface area contributed by atoms with E-state index in [9.17, 15) is 9.59 Å².